The molecule has 0 unspecified atom stereocenters. The van der Waals surface area contributed by atoms with Crippen LogP contribution >= 0.6 is 0 Å². The number of benzene rings is 1. The van der Waals surface area contributed by atoms with Crippen LogP contribution < -0.4 is 0 Å². The molecule has 3 aromatic heterocycles. The Labute approximate surface area is 187 Å². The smallest absolute Gasteiger partial charge is 0.274 e. The van der Waals surface area contributed by atoms with Crippen molar-refractivity contribution in [3.63, 3.8) is 0 Å². The highest BCUT2D eigenvalue weighted by molar-refractivity contribution is 6.07. The van der Waals surface area contributed by atoms with Gasteiger partial charge in [0.1, 0.15) is 11.5 Å². The molecular formula is C23H19FN6O3. The summed E-state index contributed by atoms with van der Waals surface area (Å²) >= 11 is 0. The van der Waals surface area contributed by atoms with Crippen molar-refractivity contribution in [2.45, 2.75) is 6.92 Å². The number of fused-ring (bicyclic) bond motifs is 1. The van der Waals surface area contributed by atoms with Crippen LogP contribution in [0.1, 0.15) is 26.5 Å². The molecule has 1 aliphatic rings. The maximum absolute atomic E-state index is 13.5. The van der Waals surface area contributed by atoms with E-state index in [2.05, 4.69) is 20.1 Å². The summed E-state index contributed by atoms with van der Waals surface area (Å²) in [6.07, 6.45) is 4.41. The quantitative estimate of drug-likeness (QED) is 0.476. The van der Waals surface area contributed by atoms with E-state index in [4.69, 9.17) is 4.52 Å². The molecule has 0 atom stereocenters. The van der Waals surface area contributed by atoms with E-state index in [1.807, 2.05) is 0 Å². The number of pyridine rings is 1. The number of aromatic nitrogens is 4. The van der Waals surface area contributed by atoms with Crippen molar-refractivity contribution in [1.82, 2.24) is 29.9 Å². The van der Waals surface area contributed by atoms with Crippen LogP contribution in [0.3, 0.4) is 0 Å². The minimum Gasteiger partial charge on any atom is -0.335 e. The number of piperazine rings is 1. The van der Waals surface area contributed by atoms with Crippen LogP contribution in [-0.2, 0) is 0 Å². The lowest BCUT2D eigenvalue weighted by atomic mass is 10.0. The van der Waals surface area contributed by atoms with Gasteiger partial charge in [-0.15, -0.1) is 0 Å². The molecule has 2 amide bonds. The minimum absolute atomic E-state index is 0.205. The largest absolute Gasteiger partial charge is 0.335 e. The number of carbonyl (C=O) groups excluding carboxylic acids is 2. The van der Waals surface area contributed by atoms with Crippen LogP contribution in [0.15, 0.2) is 53.4 Å². The molecule has 0 bridgehead atoms. The summed E-state index contributed by atoms with van der Waals surface area (Å²) in [6.45, 7) is 3.24. The fraction of sp³-hybridized carbons (Fsp3) is 0.217. The van der Waals surface area contributed by atoms with Gasteiger partial charge in [-0.3, -0.25) is 14.6 Å². The van der Waals surface area contributed by atoms with E-state index in [0.717, 1.165) is 0 Å². The normalized spacial score (nSPS) is 14.0. The van der Waals surface area contributed by atoms with Gasteiger partial charge in [-0.05, 0) is 37.3 Å². The third-order valence-corrected chi connectivity index (χ3v) is 5.62. The number of hydrogen-bond donors (Lipinski definition) is 0. The molecule has 0 N–H and O–H groups in total. The molecule has 4 heterocycles. The second-order valence-electron chi connectivity index (χ2n) is 7.69. The van der Waals surface area contributed by atoms with Gasteiger partial charge in [0.15, 0.2) is 0 Å². The van der Waals surface area contributed by atoms with E-state index in [1.165, 1.54) is 30.7 Å². The molecule has 0 aliphatic carbocycles. The molecule has 5 rings (SSSR count). The zero-order chi connectivity index (χ0) is 22.9. The first-order valence-corrected chi connectivity index (χ1v) is 10.4. The van der Waals surface area contributed by atoms with Crippen LogP contribution in [0, 0.1) is 12.7 Å². The van der Waals surface area contributed by atoms with Crippen molar-refractivity contribution < 1.29 is 18.5 Å². The molecule has 0 radical (unpaired) electrons. The zero-order valence-electron chi connectivity index (χ0n) is 17.7. The molecule has 1 fully saturated rings. The SMILES string of the molecule is Cc1noc2nc(-c3ccc(F)cc3)cc(C(=O)N3CCN(C(=O)c4cnccn4)CC3)c12. The number of carbonyl (C=O) groups is 2. The summed E-state index contributed by atoms with van der Waals surface area (Å²) in [5, 5.41) is 4.51. The lowest BCUT2D eigenvalue weighted by molar-refractivity contribution is 0.0533. The van der Waals surface area contributed by atoms with Crippen LogP contribution in [0.5, 0.6) is 0 Å². The first-order valence-electron chi connectivity index (χ1n) is 10.4. The van der Waals surface area contributed by atoms with Gasteiger partial charge in [-0.1, -0.05) is 5.16 Å². The van der Waals surface area contributed by atoms with Gasteiger partial charge in [-0.2, -0.15) is 0 Å². The van der Waals surface area contributed by atoms with Gasteiger partial charge >= 0.3 is 0 Å². The third-order valence-electron chi connectivity index (χ3n) is 5.62. The van der Waals surface area contributed by atoms with Crippen LogP contribution in [0.2, 0.25) is 0 Å². The standard InChI is InChI=1S/C23H19FN6O3/c1-14-20-17(12-18(27-21(20)33-28-14)15-2-4-16(24)5-3-15)22(31)29-8-10-30(11-9-29)23(32)19-13-25-6-7-26-19/h2-7,12-13H,8-11H2,1H3. The number of nitrogens with zero attached hydrogens (tertiary/aromatic N) is 6. The van der Waals surface area contributed by atoms with Crippen molar-refractivity contribution >= 4 is 22.9 Å². The monoisotopic (exact) mass is 446 g/mol. The Hall–Kier alpha value is -4.21. The molecule has 1 saturated heterocycles. The van der Waals surface area contributed by atoms with E-state index in [-0.39, 0.29) is 29.0 Å². The van der Waals surface area contributed by atoms with E-state index >= 15 is 0 Å². The molecular weight excluding hydrogens is 427 g/mol. The van der Waals surface area contributed by atoms with Gasteiger partial charge in [-0.25, -0.2) is 14.4 Å². The summed E-state index contributed by atoms with van der Waals surface area (Å²) < 4.78 is 18.7. The van der Waals surface area contributed by atoms with E-state index in [0.29, 0.717) is 54.1 Å². The van der Waals surface area contributed by atoms with Crippen molar-refractivity contribution in [2.24, 2.45) is 0 Å². The van der Waals surface area contributed by atoms with Crippen molar-refractivity contribution in [3.05, 3.63) is 71.7 Å². The van der Waals surface area contributed by atoms with Gasteiger partial charge in [0, 0.05) is 44.1 Å². The third kappa shape index (κ3) is 3.91. The molecule has 0 spiro atoms. The molecule has 1 aromatic carbocycles. The highest BCUT2D eigenvalue weighted by atomic mass is 19.1. The summed E-state index contributed by atoms with van der Waals surface area (Å²) in [7, 11) is 0. The fourth-order valence-corrected chi connectivity index (χ4v) is 3.89. The minimum atomic E-state index is -0.361. The Morgan fingerprint density at radius 2 is 1.70 bits per heavy atom. The molecule has 9 nitrogen and oxygen atoms in total. The molecule has 1 aliphatic heterocycles. The maximum atomic E-state index is 13.5. The molecule has 10 heteroatoms. The Bertz CT molecular complexity index is 1330. The second kappa shape index (κ2) is 8.38. The van der Waals surface area contributed by atoms with Crippen LogP contribution in [0.4, 0.5) is 4.39 Å². The number of rotatable bonds is 3. The van der Waals surface area contributed by atoms with E-state index in [1.54, 1.807) is 34.9 Å². The number of hydrogen-bond acceptors (Lipinski definition) is 7. The van der Waals surface area contributed by atoms with Gasteiger partial charge in [0.2, 0.25) is 0 Å². The Balaban J connectivity index is 1.41. The van der Waals surface area contributed by atoms with Crippen molar-refractivity contribution in [1.29, 1.82) is 0 Å². The Morgan fingerprint density at radius 1 is 1.00 bits per heavy atom. The average Bonchev–Trinajstić information content (AvgIpc) is 3.24. The number of aryl methyl sites for hydroxylation is 1. The first-order chi connectivity index (χ1) is 16.0. The summed E-state index contributed by atoms with van der Waals surface area (Å²) in [6, 6.07) is 7.54. The topological polar surface area (TPSA) is 105 Å². The molecule has 166 valence electrons. The zero-order valence-corrected chi connectivity index (χ0v) is 17.7. The lowest BCUT2D eigenvalue weighted by Gasteiger charge is -2.34. The predicted molar refractivity (Wildman–Crippen MR) is 116 cm³/mol. The first kappa shape index (κ1) is 20.7. The molecule has 4 aromatic rings. The van der Waals surface area contributed by atoms with Gasteiger partial charge < -0.3 is 14.3 Å². The molecule has 0 saturated carbocycles. The Kier molecular flexibility index (Phi) is 5.25. The highest BCUT2D eigenvalue weighted by Crippen LogP contribution is 2.28. The predicted octanol–water partition coefficient (Wildman–Crippen LogP) is 2.73. The van der Waals surface area contributed by atoms with E-state index in [9.17, 15) is 14.0 Å². The van der Waals surface area contributed by atoms with Gasteiger partial charge in [0.05, 0.1) is 28.5 Å². The van der Waals surface area contributed by atoms with Crippen LogP contribution in [-0.4, -0.2) is 67.9 Å². The Morgan fingerprint density at radius 3 is 2.36 bits per heavy atom. The average molecular weight is 446 g/mol. The summed E-state index contributed by atoms with van der Waals surface area (Å²) in [4.78, 5) is 41.9. The fourth-order valence-electron chi connectivity index (χ4n) is 3.89. The van der Waals surface area contributed by atoms with E-state index < -0.39 is 0 Å². The summed E-state index contributed by atoms with van der Waals surface area (Å²) in [5.74, 6) is -0.779. The number of amides is 2. The molecule has 33 heavy (non-hydrogen) atoms. The second-order valence-corrected chi connectivity index (χ2v) is 7.69. The number of halogens is 1. The van der Waals surface area contributed by atoms with Crippen molar-refractivity contribution in [3.8, 4) is 11.3 Å². The van der Waals surface area contributed by atoms with Gasteiger partial charge in [0.25, 0.3) is 17.5 Å². The van der Waals surface area contributed by atoms with Crippen molar-refractivity contribution in [2.75, 3.05) is 26.2 Å². The van der Waals surface area contributed by atoms with Crippen LogP contribution in [0.25, 0.3) is 22.4 Å². The maximum Gasteiger partial charge on any atom is 0.274 e. The summed E-state index contributed by atoms with van der Waals surface area (Å²) in [5.41, 5.74) is 2.63. The highest BCUT2D eigenvalue weighted by Gasteiger charge is 2.28. The lowest BCUT2D eigenvalue weighted by Crippen LogP contribution is -2.50.